The van der Waals surface area contributed by atoms with Crippen LogP contribution in [0.2, 0.25) is 0 Å². The first-order valence-electron chi connectivity index (χ1n) is 21.9. The normalized spacial score (nSPS) is 16.7. The second kappa shape index (κ2) is 20.6. The van der Waals surface area contributed by atoms with Gasteiger partial charge in [0.1, 0.15) is 17.2 Å². The van der Waals surface area contributed by atoms with Crippen molar-refractivity contribution in [3.8, 4) is 17.2 Å². The number of carbonyl (C=O) groups is 2. The van der Waals surface area contributed by atoms with Gasteiger partial charge in [0.05, 0.1) is 0 Å². The van der Waals surface area contributed by atoms with Crippen molar-refractivity contribution in [2.45, 2.75) is 176 Å². The lowest BCUT2D eigenvalue weighted by atomic mass is 9.90. The summed E-state index contributed by atoms with van der Waals surface area (Å²) in [7, 11) is 0. The first-order valence-corrected chi connectivity index (χ1v) is 21.9. The maximum absolute atomic E-state index is 12.0. The number of benzene rings is 3. The Morgan fingerprint density at radius 2 is 0.754 bits per heavy atom. The van der Waals surface area contributed by atoms with Crippen LogP contribution in [0.25, 0.3) is 0 Å². The molecule has 7 nitrogen and oxygen atoms in total. The number of rotatable bonds is 13. The number of phenolic OH excluding ortho intramolecular Hbond substituents is 1. The van der Waals surface area contributed by atoms with E-state index < -0.39 is 0 Å². The highest BCUT2D eigenvalue weighted by molar-refractivity contribution is 5.72. The molecule has 2 amide bonds. The molecule has 0 bridgehead atoms. The molecule has 0 heterocycles. The predicted molar refractivity (Wildman–Crippen MR) is 235 cm³/mol. The summed E-state index contributed by atoms with van der Waals surface area (Å²) in [6.45, 7) is 27.2. The molecule has 3 atom stereocenters. The number of nitrogens with one attached hydrogen (secondary N) is 2. The van der Waals surface area contributed by atoms with Crippen LogP contribution in [-0.2, 0) is 0 Å². The average molecular weight is 783 g/mol. The van der Waals surface area contributed by atoms with Gasteiger partial charge in [-0.05, 0) is 153 Å². The van der Waals surface area contributed by atoms with Gasteiger partial charge >= 0.3 is 12.2 Å². The summed E-state index contributed by atoms with van der Waals surface area (Å²) in [6, 6.07) is 18.8. The van der Waals surface area contributed by atoms with E-state index in [4.69, 9.17) is 9.47 Å². The van der Waals surface area contributed by atoms with Crippen LogP contribution >= 0.6 is 0 Å². The summed E-state index contributed by atoms with van der Waals surface area (Å²) < 4.78 is 11.4. The van der Waals surface area contributed by atoms with Gasteiger partial charge < -0.3 is 25.2 Å². The molecule has 0 spiro atoms. The van der Waals surface area contributed by atoms with Gasteiger partial charge in [-0.3, -0.25) is 0 Å². The molecule has 3 fully saturated rings. The zero-order valence-corrected chi connectivity index (χ0v) is 37.4. The van der Waals surface area contributed by atoms with Crippen LogP contribution < -0.4 is 20.1 Å². The molecular formula is C50H74N2O5. The van der Waals surface area contributed by atoms with Crippen molar-refractivity contribution in [1.29, 1.82) is 0 Å². The Labute approximate surface area is 345 Å². The maximum Gasteiger partial charge on any atom is 0.412 e. The molecule has 314 valence electrons. The molecule has 0 unspecified atom stereocenters. The number of para-hydroxylation sites is 3. The molecule has 0 saturated heterocycles. The van der Waals surface area contributed by atoms with Crippen molar-refractivity contribution >= 4 is 12.2 Å². The van der Waals surface area contributed by atoms with Gasteiger partial charge in [0, 0.05) is 12.1 Å². The van der Waals surface area contributed by atoms with Crippen molar-refractivity contribution in [2.75, 3.05) is 0 Å². The number of amides is 2. The summed E-state index contributed by atoms with van der Waals surface area (Å²) in [6.07, 6.45) is 7.06. The van der Waals surface area contributed by atoms with E-state index in [-0.39, 0.29) is 24.3 Å². The van der Waals surface area contributed by atoms with Crippen molar-refractivity contribution in [3.05, 3.63) is 88.0 Å². The van der Waals surface area contributed by atoms with Gasteiger partial charge in [-0.25, -0.2) is 9.59 Å². The van der Waals surface area contributed by atoms with E-state index in [1.54, 1.807) is 0 Å². The summed E-state index contributed by atoms with van der Waals surface area (Å²) in [5.74, 6) is 6.83. The van der Waals surface area contributed by atoms with E-state index in [1.807, 2.05) is 33.8 Å². The lowest BCUT2D eigenvalue weighted by Crippen LogP contribution is -2.33. The molecule has 3 saturated carbocycles. The Balaban J connectivity index is 0.000000192. The minimum absolute atomic E-state index is 0.0769. The molecule has 0 aromatic heterocycles. The van der Waals surface area contributed by atoms with E-state index in [9.17, 15) is 14.7 Å². The predicted octanol–water partition coefficient (Wildman–Crippen LogP) is 13.7. The number of phenols is 1. The fourth-order valence-electron chi connectivity index (χ4n) is 7.69. The zero-order valence-electron chi connectivity index (χ0n) is 37.4. The van der Waals surface area contributed by atoms with Crippen LogP contribution in [0.5, 0.6) is 17.2 Å². The monoisotopic (exact) mass is 783 g/mol. The Morgan fingerprint density at radius 3 is 1.05 bits per heavy atom. The second-order valence-electron chi connectivity index (χ2n) is 18.5. The maximum atomic E-state index is 12.0. The number of hydrogen-bond acceptors (Lipinski definition) is 5. The number of aromatic hydroxyl groups is 1. The highest BCUT2D eigenvalue weighted by atomic mass is 16.6. The standard InChI is InChI=1S/2C18H27NO2.C14H20O/c2*1-11(2)15-7-6-8-16(13(5)14-9-10-14)17(15)21-18(20)19-12(3)4;1-9(2)12-5-4-6-13(14(12)15)10(3)11-7-8-11/h2*6-8,11-14H,9-10H2,1-5H3,(H,19,20);4-6,9-11,15H,7-8H2,1-3H3/t2*13-;10-/m111/s1. The highest BCUT2D eigenvalue weighted by Gasteiger charge is 2.34. The van der Waals surface area contributed by atoms with Crippen molar-refractivity contribution in [2.24, 2.45) is 17.8 Å². The van der Waals surface area contributed by atoms with E-state index >= 15 is 0 Å². The van der Waals surface area contributed by atoms with Crippen LogP contribution in [0.3, 0.4) is 0 Å². The first kappa shape index (κ1) is 45.7. The Bertz CT molecular complexity index is 1670. The van der Waals surface area contributed by atoms with Crippen molar-refractivity contribution in [3.63, 3.8) is 0 Å². The lowest BCUT2D eigenvalue weighted by molar-refractivity contribution is 0.195. The third kappa shape index (κ3) is 13.3. The van der Waals surface area contributed by atoms with Gasteiger partial charge in [-0.2, -0.15) is 0 Å². The lowest BCUT2D eigenvalue weighted by Gasteiger charge is -2.21. The summed E-state index contributed by atoms with van der Waals surface area (Å²) in [5, 5.41) is 15.8. The van der Waals surface area contributed by atoms with E-state index in [0.29, 0.717) is 41.3 Å². The van der Waals surface area contributed by atoms with Gasteiger partial charge in [0.25, 0.3) is 0 Å². The Morgan fingerprint density at radius 1 is 0.474 bits per heavy atom. The van der Waals surface area contributed by atoms with Crippen molar-refractivity contribution in [1.82, 2.24) is 10.6 Å². The van der Waals surface area contributed by atoms with Crippen molar-refractivity contribution < 1.29 is 24.2 Å². The summed E-state index contributed by atoms with van der Waals surface area (Å²) in [4.78, 5) is 24.0. The van der Waals surface area contributed by atoms with Gasteiger partial charge in [0.15, 0.2) is 0 Å². The molecule has 0 aliphatic heterocycles. The largest absolute Gasteiger partial charge is 0.507 e. The van der Waals surface area contributed by atoms with Crippen LogP contribution in [0.4, 0.5) is 9.59 Å². The fraction of sp³-hybridized carbons (Fsp3) is 0.600. The molecule has 3 aliphatic carbocycles. The molecule has 7 heteroatoms. The van der Waals surface area contributed by atoms with Crippen LogP contribution in [-0.4, -0.2) is 29.4 Å². The minimum atomic E-state index is -0.359. The van der Waals surface area contributed by atoms with Gasteiger partial charge in [0.2, 0.25) is 0 Å². The molecule has 6 rings (SSSR count). The topological polar surface area (TPSA) is 96.9 Å². The summed E-state index contributed by atoms with van der Waals surface area (Å²) in [5.41, 5.74) is 6.78. The third-order valence-corrected chi connectivity index (χ3v) is 11.8. The SMILES string of the molecule is CC(C)NC(=O)Oc1c(C(C)C)cccc1[C@H](C)C1CC1.CC(C)NC(=O)Oc1c(C(C)C)cccc1[C@H](C)C1CC1.CC(C)c1cccc([C@H](C)C2CC2)c1O. The number of hydrogen-bond donors (Lipinski definition) is 3. The Kier molecular flexibility index (Phi) is 16.5. The molecule has 3 N–H and O–H groups in total. The van der Waals surface area contributed by atoms with E-state index in [0.717, 1.165) is 51.5 Å². The van der Waals surface area contributed by atoms with E-state index in [1.165, 1.54) is 49.7 Å². The van der Waals surface area contributed by atoms with Gasteiger partial charge in [-0.15, -0.1) is 0 Å². The molecule has 3 aromatic rings. The number of carbonyl (C=O) groups excluding carboxylic acids is 2. The van der Waals surface area contributed by atoms with E-state index in [2.05, 4.69) is 121 Å². The van der Waals surface area contributed by atoms with Gasteiger partial charge in [-0.1, -0.05) is 117 Å². The Hall–Kier alpha value is -4.00. The number of ether oxygens (including phenoxy) is 2. The molecule has 0 radical (unpaired) electrons. The third-order valence-electron chi connectivity index (χ3n) is 11.8. The first-order chi connectivity index (χ1) is 26.9. The zero-order chi connectivity index (χ0) is 42.1. The van der Waals surface area contributed by atoms with Crippen LogP contribution in [0, 0.1) is 17.8 Å². The fourth-order valence-corrected chi connectivity index (χ4v) is 7.69. The average Bonchev–Trinajstić information content (AvgIpc) is 3.97. The molecular weight excluding hydrogens is 709 g/mol. The molecule has 3 aromatic carbocycles. The second-order valence-corrected chi connectivity index (χ2v) is 18.5. The molecule has 3 aliphatic rings. The quantitative estimate of drug-likeness (QED) is 0.160. The smallest absolute Gasteiger partial charge is 0.412 e. The van der Waals surface area contributed by atoms with Crippen LogP contribution in [0.1, 0.15) is 197 Å². The summed E-state index contributed by atoms with van der Waals surface area (Å²) >= 11 is 0. The molecule has 57 heavy (non-hydrogen) atoms. The highest BCUT2D eigenvalue weighted by Crippen LogP contribution is 2.48. The van der Waals surface area contributed by atoms with Crippen LogP contribution in [0.15, 0.2) is 54.6 Å². The minimum Gasteiger partial charge on any atom is -0.507 e.